The predicted molar refractivity (Wildman–Crippen MR) is 109 cm³/mol. The minimum absolute atomic E-state index is 0.0558. The molecule has 28 heavy (non-hydrogen) atoms. The van der Waals surface area contributed by atoms with Crippen LogP contribution in [0.25, 0.3) is 0 Å². The molecule has 3 heterocycles. The number of benzene rings is 1. The van der Waals surface area contributed by atoms with Crippen molar-refractivity contribution in [2.24, 2.45) is 5.92 Å². The number of hydrogen-bond acceptors (Lipinski definition) is 4. The van der Waals surface area contributed by atoms with Crippen LogP contribution in [0.3, 0.4) is 0 Å². The fraction of sp³-hybridized carbons (Fsp3) is 0.455. The molecule has 1 aromatic carbocycles. The second kappa shape index (κ2) is 8.09. The Bertz CT molecular complexity index is 833. The van der Waals surface area contributed by atoms with Crippen LogP contribution < -0.4 is 10.2 Å². The van der Waals surface area contributed by atoms with Gasteiger partial charge in [-0.3, -0.25) is 9.59 Å². The molecule has 2 fully saturated rings. The molecule has 6 nitrogen and oxygen atoms in total. The Labute approximate surface area is 165 Å². The molecule has 6 heteroatoms. The second-order valence-corrected chi connectivity index (χ2v) is 7.83. The van der Waals surface area contributed by atoms with Gasteiger partial charge in [0.25, 0.3) is 11.8 Å². The topological polar surface area (TPSA) is 65.8 Å². The third kappa shape index (κ3) is 3.91. The summed E-state index contributed by atoms with van der Waals surface area (Å²) in [6.07, 6.45) is 5.84. The summed E-state index contributed by atoms with van der Waals surface area (Å²) < 4.78 is 5.16. The minimum atomic E-state index is -0.316. The molecular weight excluding hydrogens is 354 g/mol. The lowest BCUT2D eigenvalue weighted by molar-refractivity contribution is 0.0793. The molecule has 1 N–H and O–H groups in total. The van der Waals surface area contributed by atoms with Crippen molar-refractivity contribution in [2.75, 3.05) is 36.4 Å². The van der Waals surface area contributed by atoms with Crippen molar-refractivity contribution in [1.82, 2.24) is 4.90 Å². The van der Waals surface area contributed by atoms with Gasteiger partial charge >= 0.3 is 0 Å². The molecule has 0 radical (unpaired) electrons. The summed E-state index contributed by atoms with van der Waals surface area (Å²) in [7, 11) is 0. The van der Waals surface area contributed by atoms with E-state index < -0.39 is 0 Å². The Kier molecular flexibility index (Phi) is 5.37. The van der Waals surface area contributed by atoms with Crippen molar-refractivity contribution < 1.29 is 14.0 Å². The summed E-state index contributed by atoms with van der Waals surface area (Å²) >= 11 is 0. The molecule has 0 bridgehead atoms. The molecule has 0 spiro atoms. The van der Waals surface area contributed by atoms with Crippen LogP contribution in [0.4, 0.5) is 11.4 Å². The highest BCUT2D eigenvalue weighted by molar-refractivity contribution is 6.05. The smallest absolute Gasteiger partial charge is 0.291 e. The maximum Gasteiger partial charge on any atom is 0.291 e. The minimum Gasteiger partial charge on any atom is -0.459 e. The summed E-state index contributed by atoms with van der Waals surface area (Å²) in [4.78, 5) is 29.8. The van der Waals surface area contributed by atoms with Gasteiger partial charge < -0.3 is 19.5 Å². The molecule has 2 aromatic rings. The standard InChI is InChI=1S/C22H27N3O3/c1-16-8-12-24(13-9-16)19-7-6-17(23-21(26)20-5-4-14-28-20)15-18(19)22(27)25-10-2-3-11-25/h4-7,14-16H,2-3,8-13H2,1H3,(H,23,26). The van der Waals surface area contributed by atoms with Crippen LogP contribution in [0, 0.1) is 5.92 Å². The Hall–Kier alpha value is -2.76. The molecule has 0 atom stereocenters. The molecule has 148 valence electrons. The fourth-order valence-corrected chi connectivity index (χ4v) is 4.00. The summed E-state index contributed by atoms with van der Waals surface area (Å²) in [5.74, 6) is 0.715. The molecule has 2 aliphatic rings. The number of furan rings is 1. The molecule has 1 aromatic heterocycles. The largest absolute Gasteiger partial charge is 0.459 e. The third-order valence-electron chi connectivity index (χ3n) is 5.75. The summed E-state index contributed by atoms with van der Waals surface area (Å²) in [5, 5.41) is 2.85. The zero-order chi connectivity index (χ0) is 19.5. The Balaban J connectivity index is 1.61. The second-order valence-electron chi connectivity index (χ2n) is 7.83. The maximum absolute atomic E-state index is 13.2. The number of amides is 2. The van der Waals surface area contributed by atoms with Crippen molar-refractivity contribution >= 4 is 23.2 Å². The fourth-order valence-electron chi connectivity index (χ4n) is 4.00. The lowest BCUT2D eigenvalue weighted by atomic mass is 9.97. The highest BCUT2D eigenvalue weighted by Crippen LogP contribution is 2.30. The van der Waals surface area contributed by atoms with Crippen molar-refractivity contribution in [3.05, 3.63) is 47.9 Å². The molecule has 4 rings (SSSR count). The monoisotopic (exact) mass is 381 g/mol. The quantitative estimate of drug-likeness (QED) is 0.869. The molecule has 0 aliphatic carbocycles. The van der Waals surface area contributed by atoms with E-state index in [0.717, 1.165) is 63.5 Å². The number of rotatable bonds is 4. The van der Waals surface area contributed by atoms with E-state index in [1.165, 1.54) is 6.26 Å². The van der Waals surface area contributed by atoms with Crippen LogP contribution in [0.2, 0.25) is 0 Å². The van der Waals surface area contributed by atoms with Crippen LogP contribution in [0.5, 0.6) is 0 Å². The first-order chi connectivity index (χ1) is 13.6. The summed E-state index contributed by atoms with van der Waals surface area (Å²) in [6, 6.07) is 8.95. The highest BCUT2D eigenvalue weighted by atomic mass is 16.3. The number of likely N-dealkylation sites (tertiary alicyclic amines) is 1. The van der Waals surface area contributed by atoms with Gasteiger partial charge in [0, 0.05) is 37.6 Å². The van der Waals surface area contributed by atoms with Gasteiger partial charge in [-0.15, -0.1) is 0 Å². The number of nitrogens with one attached hydrogen (secondary N) is 1. The van der Waals surface area contributed by atoms with Crippen LogP contribution >= 0.6 is 0 Å². The highest BCUT2D eigenvalue weighted by Gasteiger charge is 2.26. The Morgan fingerprint density at radius 2 is 1.82 bits per heavy atom. The Morgan fingerprint density at radius 3 is 2.50 bits per heavy atom. The SMILES string of the molecule is CC1CCN(c2ccc(NC(=O)c3ccco3)cc2C(=O)N2CCCC2)CC1. The summed E-state index contributed by atoms with van der Waals surface area (Å²) in [6.45, 7) is 5.80. The van der Waals surface area contributed by atoms with Gasteiger partial charge in [0.05, 0.1) is 11.8 Å². The first kappa shape index (κ1) is 18.6. The van der Waals surface area contributed by atoms with Gasteiger partial charge in [-0.1, -0.05) is 6.92 Å². The van der Waals surface area contributed by atoms with E-state index in [-0.39, 0.29) is 17.6 Å². The van der Waals surface area contributed by atoms with E-state index in [2.05, 4.69) is 17.1 Å². The number of nitrogens with zero attached hydrogens (tertiary/aromatic N) is 2. The molecular formula is C22H27N3O3. The van der Waals surface area contributed by atoms with Crippen LogP contribution in [0.1, 0.15) is 53.5 Å². The van der Waals surface area contributed by atoms with Crippen LogP contribution in [-0.2, 0) is 0 Å². The lowest BCUT2D eigenvalue weighted by Gasteiger charge is -2.34. The number of piperidine rings is 1. The van der Waals surface area contributed by atoms with E-state index in [1.54, 1.807) is 12.1 Å². The van der Waals surface area contributed by atoms with Crippen molar-refractivity contribution in [2.45, 2.75) is 32.6 Å². The van der Waals surface area contributed by atoms with E-state index >= 15 is 0 Å². The summed E-state index contributed by atoms with van der Waals surface area (Å²) in [5.41, 5.74) is 2.26. The van der Waals surface area contributed by atoms with Crippen molar-refractivity contribution in [1.29, 1.82) is 0 Å². The normalized spacial score (nSPS) is 17.8. The predicted octanol–water partition coefficient (Wildman–Crippen LogP) is 4.00. The molecule has 0 saturated carbocycles. The number of carbonyl (C=O) groups is 2. The van der Waals surface area contributed by atoms with Gasteiger partial charge in [0.15, 0.2) is 5.76 Å². The zero-order valence-corrected chi connectivity index (χ0v) is 16.3. The molecule has 0 unspecified atom stereocenters. The van der Waals surface area contributed by atoms with Gasteiger partial charge in [0.2, 0.25) is 0 Å². The molecule has 2 aliphatic heterocycles. The number of hydrogen-bond donors (Lipinski definition) is 1. The van der Waals surface area contributed by atoms with Crippen LogP contribution in [0.15, 0.2) is 41.0 Å². The molecule has 2 amide bonds. The number of anilines is 2. The zero-order valence-electron chi connectivity index (χ0n) is 16.3. The first-order valence-electron chi connectivity index (χ1n) is 10.1. The van der Waals surface area contributed by atoms with E-state index in [9.17, 15) is 9.59 Å². The van der Waals surface area contributed by atoms with Crippen molar-refractivity contribution in [3.8, 4) is 0 Å². The van der Waals surface area contributed by atoms with Crippen molar-refractivity contribution in [3.63, 3.8) is 0 Å². The van der Waals surface area contributed by atoms with Gasteiger partial charge in [-0.2, -0.15) is 0 Å². The van der Waals surface area contributed by atoms with Gasteiger partial charge in [0.1, 0.15) is 0 Å². The maximum atomic E-state index is 13.2. The lowest BCUT2D eigenvalue weighted by Crippen LogP contribution is -2.35. The number of carbonyl (C=O) groups excluding carboxylic acids is 2. The Morgan fingerprint density at radius 1 is 1.07 bits per heavy atom. The average Bonchev–Trinajstić information content (AvgIpc) is 3.42. The van der Waals surface area contributed by atoms with Gasteiger partial charge in [-0.05, 0) is 61.9 Å². The molecule has 2 saturated heterocycles. The first-order valence-corrected chi connectivity index (χ1v) is 10.1. The van der Waals surface area contributed by atoms with E-state index in [1.807, 2.05) is 23.1 Å². The van der Waals surface area contributed by atoms with Crippen LogP contribution in [-0.4, -0.2) is 42.9 Å². The van der Waals surface area contributed by atoms with Gasteiger partial charge in [-0.25, -0.2) is 0 Å². The average molecular weight is 381 g/mol. The van der Waals surface area contributed by atoms with E-state index in [0.29, 0.717) is 11.3 Å². The third-order valence-corrected chi connectivity index (χ3v) is 5.75. The van der Waals surface area contributed by atoms with E-state index in [4.69, 9.17) is 4.42 Å².